The first-order valence-corrected chi connectivity index (χ1v) is 13.5. The smallest absolute Gasteiger partial charge is 0.246 e. The second-order valence-electron chi connectivity index (χ2n) is 9.73. The highest BCUT2D eigenvalue weighted by molar-refractivity contribution is 6.35. The van der Waals surface area contributed by atoms with Gasteiger partial charge in [-0.15, -0.1) is 0 Å². The van der Waals surface area contributed by atoms with Gasteiger partial charge in [-0.05, 0) is 66.8 Å². The van der Waals surface area contributed by atoms with Crippen LogP contribution in [0.3, 0.4) is 0 Å². The Bertz CT molecular complexity index is 1350. The average Bonchev–Trinajstić information content (AvgIpc) is 3.32. The molecule has 0 bridgehead atoms. The van der Waals surface area contributed by atoms with E-state index in [4.69, 9.17) is 23.2 Å². The molecule has 1 saturated heterocycles. The summed E-state index contributed by atoms with van der Waals surface area (Å²) in [5.41, 5.74) is 4.01. The van der Waals surface area contributed by atoms with Crippen molar-refractivity contribution in [3.8, 4) is 17.2 Å². The van der Waals surface area contributed by atoms with Gasteiger partial charge in [0.2, 0.25) is 11.8 Å². The lowest BCUT2D eigenvalue weighted by molar-refractivity contribution is -0.138. The van der Waals surface area contributed by atoms with E-state index in [-0.39, 0.29) is 18.4 Å². The van der Waals surface area contributed by atoms with Crippen molar-refractivity contribution in [3.05, 3.63) is 87.9 Å². The van der Waals surface area contributed by atoms with Gasteiger partial charge in [-0.1, -0.05) is 59.6 Å². The number of aliphatic hydroxyl groups excluding tert-OH is 1. The molecule has 2 unspecified atom stereocenters. The Kier molecular flexibility index (Phi) is 9.60. The number of anilines is 1. The monoisotopic (exact) mass is 564 g/mol. The van der Waals surface area contributed by atoms with Crippen molar-refractivity contribution in [1.29, 1.82) is 5.26 Å². The second-order valence-corrected chi connectivity index (χ2v) is 10.6. The number of nitrogens with one attached hydrogen (secondary N) is 1. The maximum absolute atomic E-state index is 13.4. The van der Waals surface area contributed by atoms with Crippen molar-refractivity contribution in [2.24, 2.45) is 0 Å². The summed E-state index contributed by atoms with van der Waals surface area (Å²) in [5.74, 6) is -0.531. The molecule has 0 aromatic heterocycles. The van der Waals surface area contributed by atoms with E-state index in [9.17, 15) is 20.0 Å². The molecule has 1 aliphatic heterocycles. The standard InChI is InChI=1S/C30H30Cl2N4O3/c1-20(30(39)34-27-15-25(31)14-26(32)16-27)36(29(38)19-35-11-10-28(37)18-35)12-9-21-5-7-23(8-6-21)24-4-2-3-22(13-24)17-33/h2-8,13-16,20,28,37H,9-12,18-19H2,1H3,(H,34,39). The van der Waals surface area contributed by atoms with E-state index in [1.807, 2.05) is 47.4 Å². The van der Waals surface area contributed by atoms with Crippen LogP contribution in [0.4, 0.5) is 5.69 Å². The minimum absolute atomic E-state index is 0.131. The zero-order valence-corrected chi connectivity index (χ0v) is 23.1. The number of carbonyl (C=O) groups excluding carboxylic acids is 2. The lowest BCUT2D eigenvalue weighted by Gasteiger charge is -2.30. The molecule has 39 heavy (non-hydrogen) atoms. The molecule has 202 valence electrons. The molecule has 2 N–H and O–H groups in total. The number of halogens is 2. The Balaban J connectivity index is 1.47. The normalized spacial score (nSPS) is 15.9. The van der Waals surface area contributed by atoms with E-state index in [1.165, 1.54) is 0 Å². The van der Waals surface area contributed by atoms with Crippen LogP contribution in [0.2, 0.25) is 10.0 Å². The van der Waals surface area contributed by atoms with E-state index in [2.05, 4.69) is 11.4 Å². The molecule has 0 aliphatic carbocycles. The minimum Gasteiger partial charge on any atom is -0.392 e. The molecule has 0 spiro atoms. The Morgan fingerprint density at radius 3 is 2.46 bits per heavy atom. The predicted molar refractivity (Wildman–Crippen MR) is 154 cm³/mol. The summed E-state index contributed by atoms with van der Waals surface area (Å²) in [6.45, 7) is 3.24. The number of likely N-dealkylation sites (tertiary alicyclic amines) is 1. The number of carbonyl (C=O) groups is 2. The lowest BCUT2D eigenvalue weighted by atomic mass is 10.0. The molecule has 2 amide bonds. The van der Waals surface area contributed by atoms with Crippen molar-refractivity contribution in [3.63, 3.8) is 0 Å². The molecule has 0 saturated carbocycles. The Morgan fingerprint density at radius 2 is 1.82 bits per heavy atom. The van der Waals surface area contributed by atoms with Gasteiger partial charge >= 0.3 is 0 Å². The quantitative estimate of drug-likeness (QED) is 0.381. The van der Waals surface area contributed by atoms with Crippen LogP contribution < -0.4 is 5.32 Å². The molecular formula is C30H30Cl2N4O3. The van der Waals surface area contributed by atoms with Gasteiger partial charge in [0.05, 0.1) is 24.3 Å². The third-order valence-electron chi connectivity index (χ3n) is 6.82. The molecule has 2 atom stereocenters. The van der Waals surface area contributed by atoms with Crippen LogP contribution in [0.5, 0.6) is 0 Å². The van der Waals surface area contributed by atoms with Crippen LogP contribution in [-0.4, -0.2) is 65.0 Å². The number of hydrogen-bond donors (Lipinski definition) is 2. The van der Waals surface area contributed by atoms with Gasteiger partial charge in [0.25, 0.3) is 0 Å². The van der Waals surface area contributed by atoms with Gasteiger partial charge in [-0.2, -0.15) is 5.26 Å². The largest absolute Gasteiger partial charge is 0.392 e. The predicted octanol–water partition coefficient (Wildman–Crippen LogP) is 5.00. The molecule has 0 radical (unpaired) electrons. The Hall–Kier alpha value is -3.41. The number of nitrogens with zero attached hydrogens (tertiary/aromatic N) is 3. The van der Waals surface area contributed by atoms with E-state index in [1.54, 1.807) is 36.1 Å². The average molecular weight is 566 g/mol. The maximum atomic E-state index is 13.4. The van der Waals surface area contributed by atoms with Crippen LogP contribution in [0.25, 0.3) is 11.1 Å². The van der Waals surface area contributed by atoms with Gasteiger partial charge in [-0.25, -0.2) is 0 Å². The van der Waals surface area contributed by atoms with E-state index < -0.39 is 12.1 Å². The lowest BCUT2D eigenvalue weighted by Crippen LogP contribution is -2.49. The molecule has 4 rings (SSSR count). The fourth-order valence-corrected chi connectivity index (χ4v) is 5.19. The van der Waals surface area contributed by atoms with Gasteiger partial charge in [0.15, 0.2) is 0 Å². The third kappa shape index (κ3) is 7.81. The first kappa shape index (κ1) is 28.6. The summed E-state index contributed by atoms with van der Waals surface area (Å²) < 4.78 is 0. The van der Waals surface area contributed by atoms with Gasteiger partial charge in [-0.3, -0.25) is 14.5 Å². The fraction of sp³-hybridized carbons (Fsp3) is 0.300. The fourth-order valence-electron chi connectivity index (χ4n) is 4.67. The summed E-state index contributed by atoms with van der Waals surface area (Å²) in [7, 11) is 0. The first-order valence-electron chi connectivity index (χ1n) is 12.8. The van der Waals surface area contributed by atoms with Crippen molar-refractivity contribution in [1.82, 2.24) is 9.80 Å². The highest BCUT2D eigenvalue weighted by atomic mass is 35.5. The van der Waals surface area contributed by atoms with Gasteiger partial charge < -0.3 is 15.3 Å². The SMILES string of the molecule is CC(C(=O)Nc1cc(Cl)cc(Cl)c1)N(CCc1ccc(-c2cccc(C#N)c2)cc1)C(=O)CN1CCC(O)C1. The molecule has 3 aromatic rings. The highest BCUT2D eigenvalue weighted by Crippen LogP contribution is 2.24. The zero-order chi connectivity index (χ0) is 27.9. The number of rotatable bonds is 9. The number of nitriles is 1. The van der Waals surface area contributed by atoms with E-state index in [0.717, 1.165) is 16.7 Å². The van der Waals surface area contributed by atoms with Crippen LogP contribution in [0, 0.1) is 11.3 Å². The molecular weight excluding hydrogens is 535 g/mol. The van der Waals surface area contributed by atoms with Gasteiger partial charge in [0.1, 0.15) is 6.04 Å². The summed E-state index contributed by atoms with van der Waals surface area (Å²) in [5, 5.41) is 22.7. The number of β-amino-alcohol motifs (C(OH)–C–C–N with tert-alkyl or cyclic N) is 1. The second kappa shape index (κ2) is 13.1. The van der Waals surface area contributed by atoms with E-state index in [0.29, 0.717) is 53.8 Å². The van der Waals surface area contributed by atoms with Crippen molar-refractivity contribution in [2.75, 3.05) is 31.5 Å². The summed E-state index contributed by atoms with van der Waals surface area (Å²) in [6.07, 6.45) is 0.739. The molecule has 1 aliphatic rings. The van der Waals surface area contributed by atoms with Crippen molar-refractivity contribution < 1.29 is 14.7 Å². The number of aliphatic hydroxyl groups is 1. The molecule has 7 nitrogen and oxygen atoms in total. The first-order chi connectivity index (χ1) is 18.7. The van der Waals surface area contributed by atoms with Crippen molar-refractivity contribution in [2.45, 2.75) is 31.9 Å². The minimum atomic E-state index is -0.754. The molecule has 1 heterocycles. The van der Waals surface area contributed by atoms with Crippen LogP contribution in [0.15, 0.2) is 66.7 Å². The third-order valence-corrected chi connectivity index (χ3v) is 7.26. The van der Waals surface area contributed by atoms with Crippen LogP contribution in [0.1, 0.15) is 24.5 Å². The van der Waals surface area contributed by atoms with Crippen molar-refractivity contribution >= 4 is 40.7 Å². The molecule has 1 fully saturated rings. The van der Waals surface area contributed by atoms with E-state index >= 15 is 0 Å². The summed E-state index contributed by atoms with van der Waals surface area (Å²) >= 11 is 12.2. The zero-order valence-electron chi connectivity index (χ0n) is 21.6. The molecule has 3 aromatic carbocycles. The Labute approximate surface area is 238 Å². The number of hydrogen-bond acceptors (Lipinski definition) is 5. The number of benzene rings is 3. The maximum Gasteiger partial charge on any atom is 0.246 e. The Morgan fingerprint density at radius 1 is 1.10 bits per heavy atom. The van der Waals surface area contributed by atoms with Crippen LogP contribution in [-0.2, 0) is 16.0 Å². The topological polar surface area (TPSA) is 96.7 Å². The van der Waals surface area contributed by atoms with Gasteiger partial charge in [0, 0.05) is 35.4 Å². The summed E-state index contributed by atoms with van der Waals surface area (Å²) in [6, 6.07) is 21.6. The summed E-state index contributed by atoms with van der Waals surface area (Å²) in [4.78, 5) is 30.0. The highest BCUT2D eigenvalue weighted by Gasteiger charge is 2.29. The van der Waals surface area contributed by atoms with Crippen LogP contribution >= 0.6 is 23.2 Å². The molecule has 9 heteroatoms. The number of amides is 2.